The number of carbonyl (C=O) groups excluding carboxylic acids is 1. The molecule has 2 aromatic rings. The summed E-state index contributed by atoms with van der Waals surface area (Å²) in [6.45, 7) is 3.79. The summed E-state index contributed by atoms with van der Waals surface area (Å²) >= 11 is 0. The lowest BCUT2D eigenvalue weighted by Crippen LogP contribution is -2.40. The Bertz CT molecular complexity index is 734. The Hall–Kier alpha value is -2.28. The molecule has 0 aliphatic rings. The summed E-state index contributed by atoms with van der Waals surface area (Å²) in [5, 5.41) is 2.83. The van der Waals surface area contributed by atoms with Crippen LogP contribution in [0, 0.1) is 6.92 Å². The summed E-state index contributed by atoms with van der Waals surface area (Å²) in [4.78, 5) is 22.4. The third-order valence-corrected chi connectivity index (χ3v) is 4.60. The number of anilines is 1. The molecule has 0 spiro atoms. The first-order chi connectivity index (χ1) is 11.4. The van der Waals surface area contributed by atoms with Gasteiger partial charge in [-0.15, -0.1) is 0 Å². The van der Waals surface area contributed by atoms with Crippen LogP contribution in [-0.4, -0.2) is 50.2 Å². The number of urea groups is 1. The molecule has 0 fully saturated rings. The molecule has 1 N–H and O–H groups in total. The van der Waals surface area contributed by atoms with Crippen molar-refractivity contribution < 1.29 is 9.00 Å². The average Bonchev–Trinajstić information content (AvgIpc) is 2.54. The van der Waals surface area contributed by atoms with E-state index in [2.05, 4.69) is 15.3 Å². The molecular weight excluding hydrogens is 324 g/mol. The number of aromatic nitrogens is 2. The van der Waals surface area contributed by atoms with E-state index in [4.69, 9.17) is 0 Å². The fraction of sp³-hybridized carbons (Fsp3) is 0.353. The number of nitrogens with zero attached hydrogens (tertiary/aromatic N) is 3. The Kier molecular flexibility index (Phi) is 6.03. The maximum Gasteiger partial charge on any atom is 0.321 e. The summed E-state index contributed by atoms with van der Waals surface area (Å²) < 4.78 is 11.3. The van der Waals surface area contributed by atoms with Crippen molar-refractivity contribution >= 4 is 22.5 Å². The van der Waals surface area contributed by atoms with Gasteiger partial charge >= 0.3 is 6.03 Å². The summed E-state index contributed by atoms with van der Waals surface area (Å²) in [5.41, 5.74) is 2.48. The second-order valence-corrected chi connectivity index (χ2v) is 7.21. The zero-order chi connectivity index (χ0) is 17.7. The van der Waals surface area contributed by atoms with Gasteiger partial charge in [-0.3, -0.25) is 4.21 Å². The summed E-state index contributed by atoms with van der Waals surface area (Å²) in [7, 11) is 0.755. The van der Waals surface area contributed by atoms with Crippen molar-refractivity contribution in [2.45, 2.75) is 19.9 Å². The van der Waals surface area contributed by atoms with Gasteiger partial charge in [0, 0.05) is 59.0 Å². The fourth-order valence-corrected chi connectivity index (χ4v) is 3.06. The number of aryl methyl sites for hydroxylation is 1. The topological polar surface area (TPSA) is 75.2 Å². The lowest BCUT2D eigenvalue weighted by atomic mass is 10.2. The van der Waals surface area contributed by atoms with E-state index in [9.17, 15) is 9.00 Å². The van der Waals surface area contributed by atoms with Crippen LogP contribution in [0.3, 0.4) is 0 Å². The Morgan fingerprint density at radius 1 is 1.29 bits per heavy atom. The predicted octanol–water partition coefficient (Wildman–Crippen LogP) is 2.68. The monoisotopic (exact) mass is 346 g/mol. The normalized spacial score (nSPS) is 13.2. The highest BCUT2D eigenvalue weighted by atomic mass is 32.2. The van der Waals surface area contributed by atoms with Crippen LogP contribution in [0.4, 0.5) is 10.5 Å². The number of benzene rings is 1. The zero-order valence-electron chi connectivity index (χ0n) is 14.3. The van der Waals surface area contributed by atoms with Crippen LogP contribution in [0.25, 0.3) is 11.4 Å². The van der Waals surface area contributed by atoms with E-state index in [1.807, 2.05) is 44.2 Å². The first kappa shape index (κ1) is 18.1. The second kappa shape index (κ2) is 8.01. The largest absolute Gasteiger partial charge is 0.324 e. The molecule has 24 heavy (non-hydrogen) atoms. The third-order valence-electron chi connectivity index (χ3n) is 3.65. The molecule has 2 rings (SSSR count). The van der Waals surface area contributed by atoms with E-state index in [0.717, 1.165) is 11.3 Å². The Morgan fingerprint density at radius 2 is 1.96 bits per heavy atom. The highest BCUT2D eigenvalue weighted by Crippen LogP contribution is 2.18. The summed E-state index contributed by atoms with van der Waals surface area (Å²) in [6.07, 6.45) is 3.36. The molecule has 0 aliphatic heterocycles. The van der Waals surface area contributed by atoms with Crippen LogP contribution < -0.4 is 5.32 Å². The Labute approximate surface area is 144 Å². The van der Waals surface area contributed by atoms with Gasteiger partial charge in [0.25, 0.3) is 0 Å². The van der Waals surface area contributed by atoms with Gasteiger partial charge < -0.3 is 10.2 Å². The van der Waals surface area contributed by atoms with Crippen molar-refractivity contribution in [3.63, 3.8) is 0 Å². The van der Waals surface area contributed by atoms with Crippen molar-refractivity contribution in [2.75, 3.05) is 24.4 Å². The van der Waals surface area contributed by atoms with Crippen LogP contribution in [0.1, 0.15) is 12.6 Å². The van der Waals surface area contributed by atoms with E-state index in [-0.39, 0.29) is 12.1 Å². The molecule has 0 radical (unpaired) electrons. The van der Waals surface area contributed by atoms with Crippen molar-refractivity contribution in [3.05, 3.63) is 42.2 Å². The minimum atomic E-state index is -0.941. The summed E-state index contributed by atoms with van der Waals surface area (Å²) in [6, 6.07) is 8.89. The van der Waals surface area contributed by atoms with E-state index in [1.54, 1.807) is 24.4 Å². The minimum absolute atomic E-state index is 0.101. The molecule has 0 saturated carbocycles. The number of nitrogens with one attached hydrogen (secondary N) is 1. The molecular formula is C17H22N4O2S. The molecule has 0 saturated heterocycles. The molecule has 1 aromatic heterocycles. The number of rotatable bonds is 5. The summed E-state index contributed by atoms with van der Waals surface area (Å²) in [5.74, 6) is 1.11. The fourth-order valence-electron chi connectivity index (χ4n) is 2.15. The molecule has 7 heteroatoms. The molecule has 128 valence electrons. The molecule has 1 aromatic carbocycles. The predicted molar refractivity (Wildman–Crippen MR) is 97.4 cm³/mol. The first-order valence-electron chi connectivity index (χ1n) is 7.60. The third kappa shape index (κ3) is 4.86. The highest BCUT2D eigenvalue weighted by molar-refractivity contribution is 7.84. The van der Waals surface area contributed by atoms with Gasteiger partial charge in [0.05, 0.1) is 0 Å². The van der Waals surface area contributed by atoms with Gasteiger partial charge in [-0.1, -0.05) is 0 Å². The lowest BCUT2D eigenvalue weighted by molar-refractivity contribution is 0.212. The highest BCUT2D eigenvalue weighted by Gasteiger charge is 2.16. The zero-order valence-corrected chi connectivity index (χ0v) is 15.1. The van der Waals surface area contributed by atoms with Crippen LogP contribution in [0.5, 0.6) is 0 Å². The molecule has 2 atom stereocenters. The minimum Gasteiger partial charge on any atom is -0.324 e. The Balaban J connectivity index is 2.03. The molecule has 2 amide bonds. The molecule has 1 heterocycles. The average molecular weight is 346 g/mol. The lowest BCUT2D eigenvalue weighted by Gasteiger charge is -2.24. The van der Waals surface area contributed by atoms with E-state index >= 15 is 0 Å². The first-order valence-corrected chi connectivity index (χ1v) is 9.33. The second-order valence-electron chi connectivity index (χ2n) is 5.73. The molecule has 0 aliphatic carbocycles. The van der Waals surface area contributed by atoms with Gasteiger partial charge in [-0.25, -0.2) is 14.8 Å². The number of hydrogen-bond donors (Lipinski definition) is 1. The van der Waals surface area contributed by atoms with Crippen LogP contribution in [0.2, 0.25) is 0 Å². The molecule has 2 unspecified atom stereocenters. The standard InChI is InChI=1S/C17H22N4O2S/c1-12-9-10-18-16(19-12)14-5-7-15(8-6-14)20-17(22)21(3)13(2)11-24(4)23/h5-10,13H,11H2,1-4H3,(H,20,22). The van der Waals surface area contributed by atoms with Gasteiger partial charge in [-0.05, 0) is 44.2 Å². The van der Waals surface area contributed by atoms with Crippen molar-refractivity contribution in [3.8, 4) is 11.4 Å². The number of hydrogen-bond acceptors (Lipinski definition) is 4. The smallest absolute Gasteiger partial charge is 0.321 e. The maximum atomic E-state index is 12.2. The van der Waals surface area contributed by atoms with Crippen molar-refractivity contribution in [1.82, 2.24) is 14.9 Å². The van der Waals surface area contributed by atoms with Gasteiger partial charge in [0.15, 0.2) is 5.82 Å². The van der Waals surface area contributed by atoms with Gasteiger partial charge in [0.1, 0.15) is 0 Å². The van der Waals surface area contributed by atoms with E-state index < -0.39 is 10.8 Å². The number of carbonyl (C=O) groups is 1. The van der Waals surface area contributed by atoms with E-state index in [0.29, 0.717) is 17.3 Å². The van der Waals surface area contributed by atoms with Crippen LogP contribution in [-0.2, 0) is 10.8 Å². The van der Waals surface area contributed by atoms with Gasteiger partial charge in [0.2, 0.25) is 0 Å². The quantitative estimate of drug-likeness (QED) is 0.903. The van der Waals surface area contributed by atoms with Crippen molar-refractivity contribution in [1.29, 1.82) is 0 Å². The van der Waals surface area contributed by atoms with Crippen LogP contribution >= 0.6 is 0 Å². The SMILES string of the molecule is Cc1ccnc(-c2ccc(NC(=O)N(C)C(C)CS(C)=O)cc2)n1. The number of amides is 2. The Morgan fingerprint density at radius 3 is 2.54 bits per heavy atom. The van der Waals surface area contributed by atoms with Crippen molar-refractivity contribution in [2.24, 2.45) is 0 Å². The molecule has 0 bridgehead atoms. The maximum absolute atomic E-state index is 12.2. The van der Waals surface area contributed by atoms with Gasteiger partial charge in [-0.2, -0.15) is 0 Å². The van der Waals surface area contributed by atoms with Crippen LogP contribution in [0.15, 0.2) is 36.5 Å². The molecule has 6 nitrogen and oxygen atoms in total. The van der Waals surface area contributed by atoms with E-state index in [1.165, 1.54) is 0 Å².